The first-order valence-corrected chi connectivity index (χ1v) is 11.9. The fraction of sp³-hybridized carbons (Fsp3) is 0.185. The molecule has 2 N–H and O–H groups in total. The summed E-state index contributed by atoms with van der Waals surface area (Å²) in [5.41, 5.74) is 7.07. The van der Waals surface area contributed by atoms with E-state index < -0.39 is 0 Å². The molecule has 0 bridgehead atoms. The summed E-state index contributed by atoms with van der Waals surface area (Å²) in [5, 5.41) is 15.3. The lowest BCUT2D eigenvalue weighted by atomic mass is 9.96. The molecule has 2 aromatic carbocycles. The molecule has 172 valence electrons. The molecule has 0 amide bonds. The van der Waals surface area contributed by atoms with Gasteiger partial charge in [0, 0.05) is 28.3 Å². The van der Waals surface area contributed by atoms with Crippen LogP contribution < -0.4 is 10.2 Å². The Balaban J connectivity index is 1.71. The van der Waals surface area contributed by atoms with Crippen LogP contribution in [0.15, 0.2) is 72.9 Å². The summed E-state index contributed by atoms with van der Waals surface area (Å²) in [6.07, 6.45) is 1.78. The van der Waals surface area contributed by atoms with Crippen molar-refractivity contribution in [3.8, 4) is 11.4 Å². The Labute approximate surface area is 209 Å². The van der Waals surface area contributed by atoms with Gasteiger partial charge in [0.15, 0.2) is 5.11 Å². The predicted octanol–water partition coefficient (Wildman–Crippen LogP) is 6.33. The highest BCUT2D eigenvalue weighted by atomic mass is 35.5. The summed E-state index contributed by atoms with van der Waals surface area (Å²) < 4.78 is 2.26. The van der Waals surface area contributed by atoms with Crippen LogP contribution in [0.1, 0.15) is 40.3 Å². The molecule has 1 aliphatic rings. The molecule has 0 spiro atoms. The smallest absolute Gasteiger partial charge is 0.174 e. The van der Waals surface area contributed by atoms with E-state index in [1.807, 2.05) is 23.1 Å². The lowest BCUT2D eigenvalue weighted by Crippen LogP contribution is -2.29. The number of anilines is 1. The quantitative estimate of drug-likeness (QED) is 0.328. The van der Waals surface area contributed by atoms with Gasteiger partial charge in [-0.1, -0.05) is 29.8 Å². The maximum absolute atomic E-state index is 10.8. The molecular formula is C27H25ClN4OS. The fourth-order valence-electron chi connectivity index (χ4n) is 4.87. The minimum Gasteiger partial charge on any atom is -0.506 e. The first-order chi connectivity index (χ1) is 16.3. The summed E-state index contributed by atoms with van der Waals surface area (Å²) in [6.45, 7) is 6.33. The molecule has 1 fully saturated rings. The lowest BCUT2D eigenvalue weighted by molar-refractivity contribution is 0.472. The van der Waals surface area contributed by atoms with E-state index in [4.69, 9.17) is 23.8 Å². The third-order valence-corrected chi connectivity index (χ3v) is 6.89. The molecule has 0 aliphatic carbocycles. The van der Waals surface area contributed by atoms with Crippen LogP contribution in [-0.4, -0.2) is 19.8 Å². The van der Waals surface area contributed by atoms with E-state index in [0.29, 0.717) is 15.8 Å². The van der Waals surface area contributed by atoms with Gasteiger partial charge in [0.25, 0.3) is 0 Å². The largest absolute Gasteiger partial charge is 0.506 e. The lowest BCUT2D eigenvalue weighted by Gasteiger charge is -2.28. The highest BCUT2D eigenvalue weighted by Gasteiger charge is 2.43. The number of hydrogen-bond acceptors (Lipinski definition) is 3. The van der Waals surface area contributed by atoms with Crippen molar-refractivity contribution in [2.24, 2.45) is 0 Å². The van der Waals surface area contributed by atoms with Crippen molar-refractivity contribution in [1.29, 1.82) is 0 Å². The maximum atomic E-state index is 10.8. The topological polar surface area (TPSA) is 53.3 Å². The van der Waals surface area contributed by atoms with Crippen LogP contribution in [0.4, 0.5) is 5.69 Å². The minimum absolute atomic E-state index is 0.118. The molecule has 3 heterocycles. The highest BCUT2D eigenvalue weighted by molar-refractivity contribution is 7.80. The molecular weight excluding hydrogens is 464 g/mol. The Kier molecular flexibility index (Phi) is 5.80. The molecule has 5 rings (SSSR count). The van der Waals surface area contributed by atoms with Gasteiger partial charge in [0.2, 0.25) is 0 Å². The van der Waals surface area contributed by atoms with Crippen LogP contribution in [0.2, 0.25) is 5.02 Å². The first-order valence-electron chi connectivity index (χ1n) is 11.1. The molecule has 2 unspecified atom stereocenters. The minimum atomic E-state index is -0.239. The second-order valence-corrected chi connectivity index (χ2v) is 9.45. The van der Waals surface area contributed by atoms with E-state index in [2.05, 4.69) is 66.0 Å². The normalized spacial score (nSPS) is 17.8. The monoisotopic (exact) mass is 488 g/mol. The molecule has 34 heavy (non-hydrogen) atoms. The Morgan fingerprint density at radius 1 is 1.00 bits per heavy atom. The zero-order chi connectivity index (χ0) is 24.0. The number of aromatic nitrogens is 2. The van der Waals surface area contributed by atoms with Gasteiger partial charge in [0.1, 0.15) is 5.75 Å². The summed E-state index contributed by atoms with van der Waals surface area (Å²) in [4.78, 5) is 6.58. The van der Waals surface area contributed by atoms with Crippen molar-refractivity contribution in [2.75, 3.05) is 4.90 Å². The number of phenols is 1. The zero-order valence-corrected chi connectivity index (χ0v) is 20.7. The number of benzene rings is 2. The number of aryl methyl sites for hydroxylation is 2. The van der Waals surface area contributed by atoms with Gasteiger partial charge >= 0.3 is 0 Å². The number of nitrogens with zero attached hydrogens (tertiary/aromatic N) is 3. The zero-order valence-electron chi connectivity index (χ0n) is 19.2. The van der Waals surface area contributed by atoms with Gasteiger partial charge in [-0.25, -0.2) is 0 Å². The molecule has 0 saturated carbocycles. The molecule has 7 heteroatoms. The second kappa shape index (κ2) is 8.78. The van der Waals surface area contributed by atoms with Crippen LogP contribution in [0.25, 0.3) is 5.69 Å². The van der Waals surface area contributed by atoms with Gasteiger partial charge in [-0.05, 0) is 92.6 Å². The maximum Gasteiger partial charge on any atom is 0.174 e. The third kappa shape index (κ3) is 3.83. The number of rotatable bonds is 4. The molecule has 0 radical (unpaired) electrons. The van der Waals surface area contributed by atoms with E-state index in [-0.39, 0.29) is 17.8 Å². The number of hydrogen-bond donors (Lipinski definition) is 2. The number of nitrogens with one attached hydrogen (secondary N) is 1. The molecule has 4 aromatic rings. The van der Waals surface area contributed by atoms with E-state index >= 15 is 0 Å². The van der Waals surface area contributed by atoms with Crippen LogP contribution in [-0.2, 0) is 0 Å². The third-order valence-electron chi connectivity index (χ3n) is 6.34. The number of halogens is 1. The Bertz CT molecular complexity index is 1380. The van der Waals surface area contributed by atoms with Gasteiger partial charge in [0.05, 0.1) is 23.5 Å². The second-order valence-electron chi connectivity index (χ2n) is 8.63. The van der Waals surface area contributed by atoms with Crippen molar-refractivity contribution < 1.29 is 5.11 Å². The summed E-state index contributed by atoms with van der Waals surface area (Å²) >= 11 is 12.1. The van der Waals surface area contributed by atoms with Gasteiger partial charge in [-0.2, -0.15) is 0 Å². The van der Waals surface area contributed by atoms with Crippen molar-refractivity contribution >= 4 is 34.6 Å². The number of aromatic hydroxyl groups is 1. The van der Waals surface area contributed by atoms with Crippen molar-refractivity contribution in [3.05, 3.63) is 106 Å². The summed E-state index contributed by atoms with van der Waals surface area (Å²) in [6, 6.07) is 21.1. The van der Waals surface area contributed by atoms with E-state index in [1.54, 1.807) is 24.4 Å². The molecule has 2 aromatic heterocycles. The van der Waals surface area contributed by atoms with Crippen molar-refractivity contribution in [2.45, 2.75) is 32.9 Å². The van der Waals surface area contributed by atoms with Crippen LogP contribution in [0.5, 0.6) is 5.75 Å². The number of thiocarbonyl (C=S) groups is 1. The van der Waals surface area contributed by atoms with Gasteiger partial charge in [-0.3, -0.25) is 4.98 Å². The average molecular weight is 489 g/mol. The van der Waals surface area contributed by atoms with E-state index in [9.17, 15) is 5.11 Å². The van der Waals surface area contributed by atoms with E-state index in [1.165, 1.54) is 5.56 Å². The van der Waals surface area contributed by atoms with Crippen molar-refractivity contribution in [1.82, 2.24) is 14.9 Å². The standard InChI is InChI=1S/C27H25ClN4OS/c1-16-7-6-8-20(13-16)31-17(2)14-21(18(31)3)26-25(22-9-4-5-12-29-22)30-27(34)32(26)23-15-19(28)10-11-24(23)33/h4-15,25-26,33H,1-3H3,(H,30,34). The Morgan fingerprint density at radius 2 is 1.82 bits per heavy atom. The molecule has 1 saturated heterocycles. The van der Waals surface area contributed by atoms with Crippen LogP contribution in [0.3, 0.4) is 0 Å². The predicted molar refractivity (Wildman–Crippen MR) is 141 cm³/mol. The highest BCUT2D eigenvalue weighted by Crippen LogP contribution is 2.46. The fourth-order valence-corrected chi connectivity index (χ4v) is 5.38. The van der Waals surface area contributed by atoms with Gasteiger partial charge < -0.3 is 19.9 Å². The number of phenolic OH excluding ortho intramolecular Hbond substituents is 1. The van der Waals surface area contributed by atoms with Crippen LogP contribution >= 0.6 is 23.8 Å². The SMILES string of the molecule is Cc1cccc(-n2c(C)cc(C3C(c4ccccn4)NC(=S)N3c3cc(Cl)ccc3O)c2C)c1. The van der Waals surface area contributed by atoms with Crippen molar-refractivity contribution in [3.63, 3.8) is 0 Å². The van der Waals surface area contributed by atoms with E-state index in [0.717, 1.165) is 28.3 Å². The molecule has 2 atom stereocenters. The first kappa shape index (κ1) is 22.4. The summed E-state index contributed by atoms with van der Waals surface area (Å²) in [5.74, 6) is 0.118. The number of pyridine rings is 1. The summed E-state index contributed by atoms with van der Waals surface area (Å²) in [7, 11) is 0. The molecule has 1 aliphatic heterocycles. The Morgan fingerprint density at radius 3 is 2.56 bits per heavy atom. The molecule has 5 nitrogen and oxygen atoms in total. The Hall–Kier alpha value is -3.35. The van der Waals surface area contributed by atoms with Gasteiger partial charge in [-0.15, -0.1) is 0 Å². The average Bonchev–Trinajstić information content (AvgIpc) is 3.31. The van der Waals surface area contributed by atoms with Crippen LogP contribution in [0, 0.1) is 20.8 Å².